The number of halogens is 2. The zero-order chi connectivity index (χ0) is 13.9. The first-order valence-electron chi connectivity index (χ1n) is 6.40. The van der Waals surface area contributed by atoms with E-state index in [1.807, 2.05) is 6.92 Å². The van der Waals surface area contributed by atoms with Crippen LogP contribution in [-0.4, -0.2) is 32.9 Å². The van der Waals surface area contributed by atoms with Gasteiger partial charge in [0, 0.05) is 11.8 Å². The molecule has 1 N–H and O–H groups in total. The maximum absolute atomic E-state index is 11.8. The largest absolute Gasteiger partial charge is 0.458 e. The van der Waals surface area contributed by atoms with E-state index >= 15 is 0 Å². The summed E-state index contributed by atoms with van der Waals surface area (Å²) < 4.78 is 5.55. The minimum atomic E-state index is -0.532. The number of carbonyl (C=O) groups is 1. The molecular formula is C13H22Br2O3. The first-order valence-corrected chi connectivity index (χ1v) is 8.44. The normalized spacial score (nSPS) is 34.4. The van der Waals surface area contributed by atoms with Gasteiger partial charge in [-0.3, -0.25) is 4.79 Å². The third-order valence-electron chi connectivity index (χ3n) is 3.74. The van der Waals surface area contributed by atoms with Crippen LogP contribution in [0.4, 0.5) is 0 Å². The molecule has 1 unspecified atom stereocenters. The highest BCUT2D eigenvalue weighted by molar-refractivity contribution is 9.12. The molecule has 106 valence electrons. The molecule has 0 aromatic carbocycles. The lowest BCUT2D eigenvalue weighted by Crippen LogP contribution is -2.45. The number of esters is 1. The maximum Gasteiger partial charge on any atom is 0.321 e. The van der Waals surface area contributed by atoms with Crippen molar-refractivity contribution in [1.82, 2.24) is 0 Å². The minimum absolute atomic E-state index is 0.260. The third kappa shape index (κ3) is 4.20. The first-order chi connectivity index (χ1) is 8.29. The summed E-state index contributed by atoms with van der Waals surface area (Å²) in [5.41, 5.74) is -0.532. The van der Waals surface area contributed by atoms with Gasteiger partial charge in [0.1, 0.15) is 10.4 Å². The number of hydrogen-bond donors (Lipinski definition) is 1. The topological polar surface area (TPSA) is 46.5 Å². The van der Waals surface area contributed by atoms with Crippen molar-refractivity contribution in [3.05, 3.63) is 0 Å². The fraction of sp³-hybridized carbons (Fsp3) is 0.923. The summed E-state index contributed by atoms with van der Waals surface area (Å²) in [6, 6.07) is 0. The van der Waals surface area contributed by atoms with Crippen molar-refractivity contribution in [2.24, 2.45) is 11.8 Å². The van der Waals surface area contributed by atoms with Crippen LogP contribution in [0.15, 0.2) is 0 Å². The second-order valence-electron chi connectivity index (χ2n) is 5.71. The van der Waals surface area contributed by atoms with E-state index in [2.05, 4.69) is 45.7 Å². The van der Waals surface area contributed by atoms with E-state index in [0.29, 0.717) is 23.6 Å². The van der Waals surface area contributed by atoms with E-state index in [1.54, 1.807) is 0 Å². The van der Waals surface area contributed by atoms with Crippen LogP contribution in [0.1, 0.15) is 40.0 Å². The molecular weight excluding hydrogens is 364 g/mol. The van der Waals surface area contributed by atoms with Gasteiger partial charge in [-0.15, -0.1) is 0 Å². The predicted octanol–water partition coefficient (Wildman–Crippen LogP) is 3.26. The van der Waals surface area contributed by atoms with Gasteiger partial charge in [-0.25, -0.2) is 0 Å². The van der Waals surface area contributed by atoms with Gasteiger partial charge in [0.25, 0.3) is 0 Å². The molecule has 5 heteroatoms. The van der Waals surface area contributed by atoms with Crippen molar-refractivity contribution in [1.29, 1.82) is 0 Å². The minimum Gasteiger partial charge on any atom is -0.458 e. The van der Waals surface area contributed by atoms with Crippen molar-refractivity contribution in [3.8, 4) is 0 Å². The number of carbonyl (C=O) groups excluding carboxylic acids is 1. The molecule has 0 aromatic rings. The Bertz CT molecular complexity index is 296. The fourth-order valence-corrected chi connectivity index (χ4v) is 2.96. The van der Waals surface area contributed by atoms with Crippen LogP contribution >= 0.6 is 31.9 Å². The zero-order valence-corrected chi connectivity index (χ0v) is 14.3. The summed E-state index contributed by atoms with van der Waals surface area (Å²) in [4.78, 5) is 11.5. The monoisotopic (exact) mass is 384 g/mol. The average Bonchev–Trinajstić information content (AvgIpc) is 2.26. The highest BCUT2D eigenvalue weighted by atomic mass is 79.9. The second-order valence-corrected chi connectivity index (χ2v) is 7.46. The molecule has 1 aliphatic rings. The van der Waals surface area contributed by atoms with Crippen molar-refractivity contribution < 1.29 is 14.6 Å². The summed E-state index contributed by atoms with van der Waals surface area (Å²) in [7, 11) is 0. The Labute approximate surface area is 126 Å². The Hall–Kier alpha value is 0.390. The lowest BCUT2D eigenvalue weighted by Gasteiger charge is -2.41. The van der Waals surface area contributed by atoms with E-state index in [-0.39, 0.29) is 16.9 Å². The molecule has 0 bridgehead atoms. The van der Waals surface area contributed by atoms with E-state index in [1.165, 1.54) is 0 Å². The van der Waals surface area contributed by atoms with Crippen LogP contribution in [0.2, 0.25) is 0 Å². The molecule has 0 radical (unpaired) electrons. The Morgan fingerprint density at radius 2 is 2.17 bits per heavy atom. The number of rotatable bonds is 4. The molecule has 1 aliphatic carbocycles. The van der Waals surface area contributed by atoms with Gasteiger partial charge >= 0.3 is 5.97 Å². The van der Waals surface area contributed by atoms with Crippen molar-refractivity contribution in [3.63, 3.8) is 0 Å². The van der Waals surface area contributed by atoms with Crippen LogP contribution in [-0.2, 0) is 9.53 Å². The van der Waals surface area contributed by atoms with Crippen LogP contribution in [0.25, 0.3) is 0 Å². The molecule has 0 aromatic heterocycles. The summed E-state index contributed by atoms with van der Waals surface area (Å²) >= 11 is 6.50. The molecule has 3 nitrogen and oxygen atoms in total. The molecule has 0 aliphatic heterocycles. The van der Waals surface area contributed by atoms with Gasteiger partial charge in [-0.1, -0.05) is 45.7 Å². The number of hydrogen-bond acceptors (Lipinski definition) is 3. The van der Waals surface area contributed by atoms with Crippen molar-refractivity contribution in [2.75, 3.05) is 5.33 Å². The highest BCUT2D eigenvalue weighted by Gasteiger charge is 2.41. The van der Waals surface area contributed by atoms with Crippen LogP contribution in [0, 0.1) is 11.8 Å². The number of alkyl halides is 2. The van der Waals surface area contributed by atoms with Crippen LogP contribution in [0.3, 0.4) is 0 Å². The number of aliphatic hydroxyl groups is 1. The van der Waals surface area contributed by atoms with Gasteiger partial charge in [0.05, 0.1) is 6.10 Å². The number of ether oxygens (including phenoxy) is 1. The number of aliphatic hydroxyl groups excluding tert-OH is 1. The Balaban J connectivity index is 2.60. The van der Waals surface area contributed by atoms with Gasteiger partial charge in [-0.05, 0) is 31.6 Å². The third-order valence-corrected chi connectivity index (χ3v) is 5.95. The average molecular weight is 386 g/mol. The Morgan fingerprint density at radius 3 is 2.61 bits per heavy atom. The molecule has 0 saturated heterocycles. The lowest BCUT2D eigenvalue weighted by molar-refractivity contribution is -0.166. The van der Waals surface area contributed by atoms with Crippen molar-refractivity contribution in [2.45, 2.75) is 56.6 Å². The van der Waals surface area contributed by atoms with Gasteiger partial charge in [-0.2, -0.15) is 0 Å². The molecule has 18 heavy (non-hydrogen) atoms. The summed E-state index contributed by atoms with van der Waals surface area (Å²) in [5, 5.41) is 10.7. The molecule has 0 heterocycles. The lowest BCUT2D eigenvalue weighted by atomic mass is 9.73. The quantitative estimate of drug-likeness (QED) is 0.596. The molecule has 0 spiro atoms. The Morgan fingerprint density at radius 1 is 1.56 bits per heavy atom. The smallest absolute Gasteiger partial charge is 0.321 e. The molecule has 4 atom stereocenters. The standard InChI is InChI=1S/C13H22Br2O3/c1-8(2)9-4-5-13(3,6-11(9)16)18-12(17)10(15)7-14/h8-11,16H,4-7H2,1-3H3/t9-,10?,11+,13+/m0/s1. The van der Waals surface area contributed by atoms with Gasteiger partial charge < -0.3 is 9.84 Å². The summed E-state index contributed by atoms with van der Waals surface area (Å²) in [5.74, 6) is 0.518. The summed E-state index contributed by atoms with van der Waals surface area (Å²) in [6.07, 6.45) is 1.88. The van der Waals surface area contributed by atoms with E-state index in [9.17, 15) is 9.90 Å². The van der Waals surface area contributed by atoms with E-state index in [4.69, 9.17) is 4.74 Å². The SMILES string of the molecule is CC(C)[C@@H]1CC[C@@](C)(OC(=O)C(Br)CBr)C[C@H]1O. The first kappa shape index (κ1) is 16.4. The molecule has 1 fully saturated rings. The maximum atomic E-state index is 11.8. The van der Waals surface area contributed by atoms with E-state index in [0.717, 1.165) is 12.8 Å². The Kier molecular flexibility index (Phi) is 6.13. The second kappa shape index (κ2) is 6.71. The summed E-state index contributed by atoms with van der Waals surface area (Å²) in [6.45, 7) is 6.17. The molecule has 1 saturated carbocycles. The van der Waals surface area contributed by atoms with Crippen molar-refractivity contribution >= 4 is 37.8 Å². The van der Waals surface area contributed by atoms with Gasteiger partial charge in [0.15, 0.2) is 0 Å². The van der Waals surface area contributed by atoms with E-state index < -0.39 is 5.60 Å². The zero-order valence-electron chi connectivity index (χ0n) is 11.2. The molecule has 1 rings (SSSR count). The predicted molar refractivity (Wildman–Crippen MR) is 79.2 cm³/mol. The highest BCUT2D eigenvalue weighted by Crippen LogP contribution is 2.38. The van der Waals surface area contributed by atoms with Crippen LogP contribution in [0.5, 0.6) is 0 Å². The molecule has 0 amide bonds. The van der Waals surface area contributed by atoms with Crippen LogP contribution < -0.4 is 0 Å². The van der Waals surface area contributed by atoms with Gasteiger partial charge in [0.2, 0.25) is 0 Å². The fourth-order valence-electron chi connectivity index (χ4n) is 2.60.